The third kappa shape index (κ3) is 12.2. The number of hydrogen-bond donors (Lipinski definition) is 0. The van der Waals surface area contributed by atoms with Crippen molar-refractivity contribution < 1.29 is 0 Å². The Morgan fingerprint density at radius 2 is 1.23 bits per heavy atom. The molecule has 0 spiro atoms. The highest BCUT2D eigenvalue weighted by Gasteiger charge is 1.92. The molecule has 1 nitrogen and oxygen atoms in total. The van der Waals surface area contributed by atoms with Gasteiger partial charge in [0.15, 0.2) is 0 Å². The van der Waals surface area contributed by atoms with Crippen LogP contribution in [0.2, 0.25) is 0 Å². The maximum Gasteiger partial charge on any atom is 0.0223 e. The van der Waals surface area contributed by atoms with Crippen LogP contribution < -0.4 is 0 Å². The van der Waals surface area contributed by atoms with Gasteiger partial charge in [-0.25, -0.2) is 0 Å². The number of nitrogens with zero attached hydrogens (tertiary/aromatic N) is 1. The summed E-state index contributed by atoms with van der Waals surface area (Å²) in [7, 11) is 4.28. The first-order chi connectivity index (χ1) is 6.27. The molecule has 0 aromatic carbocycles. The summed E-state index contributed by atoms with van der Waals surface area (Å²) >= 11 is 5.59. The molecule has 0 radical (unpaired) electrons. The average Bonchev–Trinajstić information content (AvgIpc) is 2.09. The van der Waals surface area contributed by atoms with Crippen molar-refractivity contribution in [2.75, 3.05) is 26.5 Å². The summed E-state index contributed by atoms with van der Waals surface area (Å²) in [6.07, 6.45) is 9.41. The van der Waals surface area contributed by atoms with Gasteiger partial charge in [0.25, 0.3) is 0 Å². The van der Waals surface area contributed by atoms with E-state index in [1.165, 1.54) is 51.5 Å². The van der Waals surface area contributed by atoms with E-state index in [1.54, 1.807) is 0 Å². The monoisotopic (exact) mass is 205 g/mol. The first-order valence-electron chi connectivity index (χ1n) is 5.48. The second-order valence-corrected chi connectivity index (χ2v) is 4.35. The largest absolute Gasteiger partial charge is 0.309 e. The lowest BCUT2D eigenvalue weighted by molar-refractivity contribution is 0.389. The van der Waals surface area contributed by atoms with Crippen molar-refractivity contribution in [2.24, 2.45) is 0 Å². The van der Waals surface area contributed by atoms with E-state index in [0.29, 0.717) is 0 Å². The Bertz CT molecular complexity index is 94.1. The molecule has 13 heavy (non-hydrogen) atoms. The summed E-state index contributed by atoms with van der Waals surface area (Å²) in [6, 6.07) is 0. The number of alkyl halides is 1. The van der Waals surface area contributed by atoms with Gasteiger partial charge in [-0.2, -0.15) is 0 Å². The highest BCUT2D eigenvalue weighted by atomic mass is 35.5. The van der Waals surface area contributed by atoms with Crippen LogP contribution in [0.25, 0.3) is 0 Å². The van der Waals surface area contributed by atoms with E-state index < -0.39 is 0 Å². The van der Waals surface area contributed by atoms with Crippen molar-refractivity contribution in [3.63, 3.8) is 0 Å². The van der Waals surface area contributed by atoms with Crippen LogP contribution in [0.15, 0.2) is 0 Å². The molecule has 0 aliphatic carbocycles. The third-order valence-electron chi connectivity index (χ3n) is 2.24. The van der Waals surface area contributed by atoms with E-state index in [4.69, 9.17) is 11.6 Å². The zero-order chi connectivity index (χ0) is 9.94. The van der Waals surface area contributed by atoms with Gasteiger partial charge in [-0.15, -0.1) is 11.6 Å². The van der Waals surface area contributed by atoms with E-state index in [-0.39, 0.29) is 0 Å². The van der Waals surface area contributed by atoms with Gasteiger partial charge in [0, 0.05) is 5.88 Å². The molecule has 0 N–H and O–H groups in total. The van der Waals surface area contributed by atoms with Crippen LogP contribution in [0.1, 0.15) is 44.9 Å². The van der Waals surface area contributed by atoms with Crippen LogP contribution in [-0.2, 0) is 0 Å². The number of hydrogen-bond acceptors (Lipinski definition) is 1. The molecule has 0 heterocycles. The van der Waals surface area contributed by atoms with Gasteiger partial charge in [-0.05, 0) is 33.5 Å². The smallest absolute Gasteiger partial charge is 0.0223 e. The minimum Gasteiger partial charge on any atom is -0.309 e. The molecule has 0 aromatic heterocycles. The summed E-state index contributed by atoms with van der Waals surface area (Å²) in [5.41, 5.74) is 0. The lowest BCUT2D eigenvalue weighted by Gasteiger charge is -2.08. The minimum absolute atomic E-state index is 0.834. The Morgan fingerprint density at radius 3 is 1.69 bits per heavy atom. The van der Waals surface area contributed by atoms with Crippen LogP contribution in [0.5, 0.6) is 0 Å². The zero-order valence-electron chi connectivity index (χ0n) is 9.19. The van der Waals surface area contributed by atoms with Crippen LogP contribution >= 0.6 is 11.6 Å². The maximum atomic E-state index is 5.59. The lowest BCUT2D eigenvalue weighted by atomic mass is 10.1. The Morgan fingerprint density at radius 1 is 0.769 bits per heavy atom. The second-order valence-electron chi connectivity index (χ2n) is 3.97. The highest BCUT2D eigenvalue weighted by molar-refractivity contribution is 6.17. The zero-order valence-corrected chi connectivity index (χ0v) is 9.95. The summed E-state index contributed by atoms with van der Waals surface area (Å²) in [4.78, 5) is 2.26. The molecule has 0 rings (SSSR count). The molecule has 0 bridgehead atoms. The summed E-state index contributed by atoms with van der Waals surface area (Å²) in [6.45, 7) is 1.24. The average molecular weight is 206 g/mol. The molecule has 0 aliphatic rings. The molecule has 80 valence electrons. The second kappa shape index (κ2) is 10.3. The number of halogens is 1. The fraction of sp³-hybridized carbons (Fsp3) is 1.00. The molecular formula is C11H24ClN. The third-order valence-corrected chi connectivity index (χ3v) is 2.51. The number of rotatable bonds is 9. The molecule has 0 fully saturated rings. The molecule has 0 unspecified atom stereocenters. The highest BCUT2D eigenvalue weighted by Crippen LogP contribution is 2.07. The minimum atomic E-state index is 0.834. The van der Waals surface area contributed by atoms with Crippen LogP contribution in [0, 0.1) is 0 Å². The molecule has 0 saturated heterocycles. The lowest BCUT2D eigenvalue weighted by Crippen LogP contribution is -2.12. The van der Waals surface area contributed by atoms with E-state index in [2.05, 4.69) is 19.0 Å². The Labute approximate surface area is 88.5 Å². The Kier molecular flexibility index (Phi) is 10.5. The van der Waals surface area contributed by atoms with E-state index in [0.717, 1.165) is 5.88 Å². The Hall–Kier alpha value is 0.250. The summed E-state index contributed by atoms with van der Waals surface area (Å²) in [5.74, 6) is 0.834. The van der Waals surface area contributed by atoms with Crippen molar-refractivity contribution in [3.05, 3.63) is 0 Å². The van der Waals surface area contributed by atoms with Gasteiger partial charge in [-0.1, -0.05) is 32.1 Å². The van der Waals surface area contributed by atoms with E-state index in [9.17, 15) is 0 Å². The number of unbranched alkanes of at least 4 members (excludes halogenated alkanes) is 6. The molecule has 0 aliphatic heterocycles. The van der Waals surface area contributed by atoms with Crippen molar-refractivity contribution in [3.8, 4) is 0 Å². The normalized spacial score (nSPS) is 11.1. The van der Waals surface area contributed by atoms with Crippen molar-refractivity contribution in [1.82, 2.24) is 4.90 Å². The molecule has 0 amide bonds. The SMILES string of the molecule is CN(C)CCCCCCCCCCl. The maximum absolute atomic E-state index is 5.59. The standard InChI is InChI=1S/C11H24ClN/c1-13(2)11-9-7-5-3-4-6-8-10-12/h3-11H2,1-2H3. The Balaban J connectivity index is 2.84. The fourth-order valence-electron chi connectivity index (χ4n) is 1.41. The molecule has 0 aromatic rings. The van der Waals surface area contributed by atoms with E-state index >= 15 is 0 Å². The van der Waals surface area contributed by atoms with Gasteiger partial charge in [0.1, 0.15) is 0 Å². The first-order valence-corrected chi connectivity index (χ1v) is 6.01. The fourth-order valence-corrected chi connectivity index (χ4v) is 1.60. The molecule has 0 saturated carbocycles. The first kappa shape index (κ1) is 13.2. The topological polar surface area (TPSA) is 3.24 Å². The van der Waals surface area contributed by atoms with Crippen LogP contribution in [0.4, 0.5) is 0 Å². The summed E-state index contributed by atoms with van der Waals surface area (Å²) < 4.78 is 0. The molecular weight excluding hydrogens is 182 g/mol. The molecule has 2 heteroatoms. The van der Waals surface area contributed by atoms with Crippen molar-refractivity contribution in [1.29, 1.82) is 0 Å². The van der Waals surface area contributed by atoms with Gasteiger partial charge >= 0.3 is 0 Å². The van der Waals surface area contributed by atoms with Crippen molar-refractivity contribution >= 4 is 11.6 Å². The van der Waals surface area contributed by atoms with Crippen LogP contribution in [0.3, 0.4) is 0 Å². The van der Waals surface area contributed by atoms with Gasteiger partial charge in [-0.3, -0.25) is 0 Å². The predicted octanol–water partition coefficient (Wildman–Crippen LogP) is 3.52. The van der Waals surface area contributed by atoms with E-state index in [1.807, 2.05) is 0 Å². The van der Waals surface area contributed by atoms with Crippen molar-refractivity contribution in [2.45, 2.75) is 44.9 Å². The molecule has 0 atom stereocenters. The van der Waals surface area contributed by atoms with Gasteiger partial charge < -0.3 is 4.90 Å². The van der Waals surface area contributed by atoms with Crippen LogP contribution in [-0.4, -0.2) is 31.4 Å². The quantitative estimate of drug-likeness (QED) is 0.411. The predicted molar refractivity (Wildman–Crippen MR) is 61.6 cm³/mol. The summed E-state index contributed by atoms with van der Waals surface area (Å²) in [5, 5.41) is 0. The van der Waals surface area contributed by atoms with Gasteiger partial charge in [0.2, 0.25) is 0 Å². The van der Waals surface area contributed by atoms with Gasteiger partial charge in [0.05, 0.1) is 0 Å².